The Kier molecular flexibility index (Phi) is 12.5. The van der Waals surface area contributed by atoms with Crippen LogP contribution in [0.15, 0.2) is 178 Å². The first-order valence-corrected chi connectivity index (χ1v) is 23.6. The van der Waals surface area contributed by atoms with E-state index in [1.54, 1.807) is 41.5 Å². The van der Waals surface area contributed by atoms with Gasteiger partial charge in [-0.25, -0.2) is 19.8 Å². The lowest BCUT2D eigenvalue weighted by Gasteiger charge is -2.26. The maximum absolute atomic E-state index is 12.5. The molecule has 68 heavy (non-hydrogen) atoms. The van der Waals surface area contributed by atoms with E-state index in [0.29, 0.717) is 22.5 Å². The third-order valence-corrected chi connectivity index (χ3v) is 12.8. The molecule has 0 bridgehead atoms. The molecule has 6 heterocycles. The van der Waals surface area contributed by atoms with E-state index in [2.05, 4.69) is 55.2 Å². The Bertz CT molecular complexity index is 3470. The molecule has 0 atom stereocenters. The average Bonchev–Trinajstić information content (AvgIpc) is 4.17. The summed E-state index contributed by atoms with van der Waals surface area (Å²) in [7, 11) is 1.71. The van der Waals surface area contributed by atoms with Crippen molar-refractivity contribution in [3.8, 4) is 28.7 Å². The number of aliphatic imine (C=N–C) groups is 2. The van der Waals surface area contributed by atoms with E-state index in [1.165, 1.54) is 42.5 Å². The third-order valence-electron chi connectivity index (χ3n) is 12.2. The first-order chi connectivity index (χ1) is 33.3. The van der Waals surface area contributed by atoms with Gasteiger partial charge in [0.05, 0.1) is 50.8 Å². The van der Waals surface area contributed by atoms with E-state index in [-0.39, 0.29) is 17.4 Å². The number of aromatic amines is 2. The molecular formula is C55H49N9O3S. The summed E-state index contributed by atoms with van der Waals surface area (Å²) in [5.74, 6) is 0.135. The van der Waals surface area contributed by atoms with E-state index in [4.69, 9.17) is 9.98 Å². The Morgan fingerprint density at radius 3 is 1.93 bits per heavy atom. The summed E-state index contributed by atoms with van der Waals surface area (Å²) in [4.78, 5) is 39.8. The summed E-state index contributed by atoms with van der Waals surface area (Å²) < 4.78 is 3.08. The van der Waals surface area contributed by atoms with Crippen LogP contribution >= 0.6 is 11.3 Å². The van der Waals surface area contributed by atoms with Crippen molar-refractivity contribution in [2.45, 2.75) is 32.7 Å². The van der Waals surface area contributed by atoms with Crippen LogP contribution in [0.3, 0.4) is 0 Å². The third kappa shape index (κ3) is 9.30. The molecule has 4 N–H and O–H groups in total. The number of aromatic hydroxyl groups is 2. The van der Waals surface area contributed by atoms with Crippen molar-refractivity contribution in [3.05, 3.63) is 207 Å². The number of hydrogen-bond acceptors (Lipinski definition) is 9. The zero-order chi connectivity index (χ0) is 46.6. The SMILES string of the molecule is Cc1cc(N=C(c2ccccc2)c2c(O)[nH]c3ccc(-n4ccn(C)c4=O)cc23)ccn1.Oc1[nH]c2ccc(-c3cscn3)cc2c1C(=Nc1ccc(CN2CCCCC2)cc1)c1ccccc1. The molecule has 1 saturated heterocycles. The second-order valence-corrected chi connectivity index (χ2v) is 17.7. The number of fused-ring (bicyclic) bond motifs is 2. The number of rotatable bonds is 10. The van der Waals surface area contributed by atoms with E-state index < -0.39 is 0 Å². The molecule has 0 radical (unpaired) electrons. The highest BCUT2D eigenvalue weighted by Crippen LogP contribution is 2.36. The molecule has 13 heteroatoms. The lowest BCUT2D eigenvalue weighted by Crippen LogP contribution is -2.28. The van der Waals surface area contributed by atoms with Crippen LogP contribution in [-0.4, -0.2) is 68.7 Å². The van der Waals surface area contributed by atoms with Crippen molar-refractivity contribution in [2.75, 3.05) is 13.1 Å². The first kappa shape index (κ1) is 43.7. The van der Waals surface area contributed by atoms with E-state index >= 15 is 0 Å². The molecule has 1 aliphatic rings. The molecule has 1 fully saturated rings. The monoisotopic (exact) mass is 915 g/mol. The lowest BCUT2D eigenvalue weighted by atomic mass is 9.99. The van der Waals surface area contributed by atoms with Crippen LogP contribution in [0.25, 0.3) is 38.8 Å². The topological polar surface area (TPSA) is 153 Å². The highest BCUT2D eigenvalue weighted by atomic mass is 32.1. The van der Waals surface area contributed by atoms with Gasteiger partial charge in [0.2, 0.25) is 0 Å². The van der Waals surface area contributed by atoms with Crippen LogP contribution in [0, 0.1) is 6.92 Å². The Labute approximate surface area is 396 Å². The van der Waals surface area contributed by atoms with Gasteiger partial charge in [0.1, 0.15) is 0 Å². The maximum atomic E-state index is 12.5. The minimum Gasteiger partial charge on any atom is -0.494 e. The molecule has 10 aromatic rings. The smallest absolute Gasteiger partial charge is 0.332 e. The molecule has 1 aliphatic heterocycles. The number of aromatic nitrogens is 6. The molecular weight excluding hydrogens is 867 g/mol. The predicted molar refractivity (Wildman–Crippen MR) is 274 cm³/mol. The molecule has 5 aromatic carbocycles. The van der Waals surface area contributed by atoms with Gasteiger partial charge in [-0.1, -0.05) is 85.3 Å². The number of pyridine rings is 1. The van der Waals surface area contributed by atoms with Gasteiger partial charge in [-0.15, -0.1) is 11.3 Å². The van der Waals surface area contributed by atoms with Gasteiger partial charge in [-0.2, -0.15) is 0 Å². The molecule has 0 aliphatic carbocycles. The van der Waals surface area contributed by atoms with Gasteiger partial charge in [0, 0.05) is 81.8 Å². The number of piperidine rings is 1. The second-order valence-electron chi connectivity index (χ2n) is 16.9. The Hall–Kier alpha value is -8.13. The summed E-state index contributed by atoms with van der Waals surface area (Å²) >= 11 is 1.57. The summed E-state index contributed by atoms with van der Waals surface area (Å²) in [6, 6.07) is 43.7. The molecule has 338 valence electrons. The molecule has 11 rings (SSSR count). The van der Waals surface area contributed by atoms with Crippen molar-refractivity contribution >= 4 is 55.9 Å². The zero-order valence-electron chi connectivity index (χ0n) is 37.7. The van der Waals surface area contributed by atoms with E-state index in [1.807, 2.05) is 121 Å². The number of hydrogen-bond donors (Lipinski definition) is 4. The van der Waals surface area contributed by atoms with Crippen LogP contribution in [0.1, 0.15) is 52.8 Å². The Morgan fingerprint density at radius 1 is 0.691 bits per heavy atom. The van der Waals surface area contributed by atoms with Crippen LogP contribution in [0.2, 0.25) is 0 Å². The fourth-order valence-electron chi connectivity index (χ4n) is 8.78. The summed E-state index contributed by atoms with van der Waals surface area (Å²) in [5.41, 5.74) is 14.1. The van der Waals surface area contributed by atoms with Crippen LogP contribution in [0.5, 0.6) is 11.8 Å². The van der Waals surface area contributed by atoms with Crippen molar-refractivity contribution in [2.24, 2.45) is 17.0 Å². The molecule has 0 amide bonds. The molecule has 0 spiro atoms. The standard InChI is InChI=1S/C30H28N4OS.C25H21N5O2/c35-30-28(25-17-23(11-14-26(25)33-30)27-19-36-20-31-27)29(22-7-3-1-4-8-22)32-24-12-9-21(10-13-24)18-34-15-5-2-6-16-34;1-16-14-18(10-11-26-16)27-23(17-6-4-3-5-7-17)22-20-15-19(8-9-21(20)28-24(22)31)30-13-12-29(2)25(30)32/h1,3-4,7-14,17,19-20,33,35H,2,5-6,15-16,18H2;3-15,28,31H,1-2H3. The summed E-state index contributed by atoms with van der Waals surface area (Å²) in [6.45, 7) is 5.26. The van der Waals surface area contributed by atoms with Crippen molar-refractivity contribution in [3.63, 3.8) is 0 Å². The minimum atomic E-state index is -0.144. The number of benzene rings is 5. The van der Waals surface area contributed by atoms with E-state index in [0.717, 1.165) is 73.5 Å². The zero-order valence-corrected chi connectivity index (χ0v) is 38.5. The van der Waals surface area contributed by atoms with Crippen LogP contribution < -0.4 is 5.69 Å². The van der Waals surface area contributed by atoms with Crippen molar-refractivity contribution < 1.29 is 10.2 Å². The lowest BCUT2D eigenvalue weighted by molar-refractivity contribution is 0.221. The number of nitrogens with one attached hydrogen (secondary N) is 2. The van der Waals surface area contributed by atoms with Gasteiger partial charge < -0.3 is 24.7 Å². The number of imidazole rings is 1. The molecule has 0 unspecified atom stereocenters. The van der Waals surface area contributed by atoms with Crippen molar-refractivity contribution in [1.82, 2.24) is 34.0 Å². The summed E-state index contributed by atoms with van der Waals surface area (Å²) in [6.07, 6.45) is 9.08. The number of H-pyrrole nitrogens is 2. The normalized spacial score (nSPS) is 13.5. The van der Waals surface area contributed by atoms with Gasteiger partial charge >= 0.3 is 5.69 Å². The quantitative estimate of drug-likeness (QED) is 0.100. The van der Waals surface area contributed by atoms with Gasteiger partial charge in [-0.05, 0) is 93.0 Å². The maximum Gasteiger partial charge on any atom is 0.332 e. The minimum absolute atomic E-state index is 0.0194. The number of aryl methyl sites for hydroxylation is 2. The summed E-state index contributed by atoms with van der Waals surface area (Å²) in [5, 5.41) is 25.7. The molecule has 12 nitrogen and oxygen atoms in total. The Balaban J connectivity index is 0.000000160. The average molecular weight is 916 g/mol. The van der Waals surface area contributed by atoms with Gasteiger partial charge in [0.25, 0.3) is 0 Å². The molecule has 5 aromatic heterocycles. The van der Waals surface area contributed by atoms with Gasteiger partial charge in [0.15, 0.2) is 11.8 Å². The number of thiazole rings is 1. The number of likely N-dealkylation sites (tertiary alicyclic amines) is 1. The fourth-order valence-corrected chi connectivity index (χ4v) is 9.34. The Morgan fingerprint density at radius 2 is 1.32 bits per heavy atom. The first-order valence-electron chi connectivity index (χ1n) is 22.6. The number of nitrogens with zero attached hydrogens (tertiary/aromatic N) is 7. The van der Waals surface area contributed by atoms with Crippen LogP contribution in [-0.2, 0) is 13.6 Å². The fraction of sp³-hybridized carbons (Fsp3) is 0.145. The second kappa shape index (κ2) is 19.4. The highest BCUT2D eigenvalue weighted by Gasteiger charge is 2.22. The predicted octanol–water partition coefficient (Wildman–Crippen LogP) is 11.4. The van der Waals surface area contributed by atoms with Crippen LogP contribution in [0.4, 0.5) is 11.4 Å². The largest absolute Gasteiger partial charge is 0.494 e. The highest BCUT2D eigenvalue weighted by molar-refractivity contribution is 7.07. The van der Waals surface area contributed by atoms with Gasteiger partial charge in [-0.3, -0.25) is 14.5 Å². The van der Waals surface area contributed by atoms with Crippen molar-refractivity contribution in [1.29, 1.82) is 0 Å². The molecule has 0 saturated carbocycles. The van der Waals surface area contributed by atoms with E-state index in [9.17, 15) is 15.0 Å².